The number of hydrogen-bond donors (Lipinski definition) is 1. The maximum Gasteiger partial charge on any atom is 0.254 e. The first-order valence-electron chi connectivity index (χ1n) is 2.43. The van der Waals surface area contributed by atoms with Crippen LogP contribution in [0.2, 0.25) is 0 Å². The number of hydrogen-bond acceptors (Lipinski definition) is 2. The highest BCUT2D eigenvalue weighted by molar-refractivity contribution is 8.04. The van der Waals surface area contributed by atoms with E-state index >= 15 is 0 Å². The molecule has 1 heterocycles. The molecule has 0 fully saturated rings. The highest BCUT2D eigenvalue weighted by atomic mass is 32.2. The summed E-state index contributed by atoms with van der Waals surface area (Å²) in [5.41, 5.74) is 4.97. The lowest BCUT2D eigenvalue weighted by Crippen LogP contribution is -2.10. The van der Waals surface area contributed by atoms with E-state index in [-0.39, 0.29) is 5.91 Å². The van der Waals surface area contributed by atoms with Gasteiger partial charge in [-0.1, -0.05) is 6.08 Å². The van der Waals surface area contributed by atoms with E-state index in [0.717, 1.165) is 17.1 Å². The number of amides is 1. The monoisotopic (exact) mass is 129 g/mol. The molecule has 44 valence electrons. The van der Waals surface area contributed by atoms with Crippen LogP contribution in [0.3, 0.4) is 0 Å². The van der Waals surface area contributed by atoms with Crippen LogP contribution >= 0.6 is 11.8 Å². The number of nitrogens with two attached hydrogens (primary N) is 1. The quantitative estimate of drug-likeness (QED) is 0.560. The van der Waals surface area contributed by atoms with Gasteiger partial charge in [-0.05, 0) is 6.42 Å². The van der Waals surface area contributed by atoms with Gasteiger partial charge in [0.25, 0.3) is 5.91 Å². The van der Waals surface area contributed by atoms with Crippen LogP contribution in [0.5, 0.6) is 0 Å². The minimum atomic E-state index is -0.285. The molecule has 1 aliphatic heterocycles. The minimum Gasteiger partial charge on any atom is -0.365 e. The summed E-state index contributed by atoms with van der Waals surface area (Å²) in [4.78, 5) is 11.1. The highest BCUT2D eigenvalue weighted by Gasteiger charge is 2.08. The molecule has 0 saturated carbocycles. The maximum atomic E-state index is 10.3. The fourth-order valence-electron chi connectivity index (χ4n) is 0.590. The van der Waals surface area contributed by atoms with E-state index in [1.807, 2.05) is 6.08 Å². The molecule has 0 aromatic rings. The van der Waals surface area contributed by atoms with E-state index in [9.17, 15) is 4.79 Å². The van der Waals surface area contributed by atoms with Crippen LogP contribution < -0.4 is 5.73 Å². The zero-order valence-corrected chi connectivity index (χ0v) is 5.20. The van der Waals surface area contributed by atoms with E-state index in [2.05, 4.69) is 0 Å². The average molecular weight is 129 g/mol. The molecule has 0 bridgehead atoms. The molecule has 0 atom stereocenters. The summed E-state index contributed by atoms with van der Waals surface area (Å²) < 4.78 is 0. The van der Waals surface area contributed by atoms with E-state index < -0.39 is 0 Å². The van der Waals surface area contributed by atoms with Gasteiger partial charge in [0.05, 0.1) is 4.91 Å². The summed E-state index contributed by atoms with van der Waals surface area (Å²) in [6.45, 7) is 0. The Hall–Kier alpha value is -0.440. The Morgan fingerprint density at radius 2 is 2.62 bits per heavy atom. The molecule has 1 rings (SSSR count). The van der Waals surface area contributed by atoms with Crippen molar-refractivity contribution in [3.63, 3.8) is 0 Å². The molecular formula is C5H7NOS. The van der Waals surface area contributed by atoms with E-state index in [1.165, 1.54) is 11.8 Å². The fraction of sp³-hybridized carbons (Fsp3) is 0.400. The fourth-order valence-corrected chi connectivity index (χ4v) is 1.42. The summed E-state index contributed by atoms with van der Waals surface area (Å²) >= 11 is 1.54. The lowest BCUT2D eigenvalue weighted by molar-refractivity contribution is -0.113. The summed E-state index contributed by atoms with van der Waals surface area (Å²) in [6, 6.07) is 0. The molecule has 0 spiro atoms. The van der Waals surface area contributed by atoms with Crippen LogP contribution in [0.15, 0.2) is 11.0 Å². The smallest absolute Gasteiger partial charge is 0.254 e. The summed E-state index contributed by atoms with van der Waals surface area (Å²) in [5, 5.41) is 0. The van der Waals surface area contributed by atoms with Crippen molar-refractivity contribution in [1.82, 2.24) is 0 Å². The van der Waals surface area contributed by atoms with Gasteiger partial charge < -0.3 is 5.73 Å². The van der Waals surface area contributed by atoms with Gasteiger partial charge >= 0.3 is 0 Å². The van der Waals surface area contributed by atoms with Crippen LogP contribution in [0.25, 0.3) is 0 Å². The first-order valence-corrected chi connectivity index (χ1v) is 3.42. The lowest BCUT2D eigenvalue weighted by Gasteiger charge is -1.88. The van der Waals surface area contributed by atoms with Crippen LogP contribution in [0.4, 0.5) is 0 Å². The molecule has 2 N–H and O–H groups in total. The summed E-state index contributed by atoms with van der Waals surface area (Å²) in [7, 11) is 0. The van der Waals surface area contributed by atoms with E-state index in [4.69, 9.17) is 5.73 Å². The predicted octanol–water partition coefficient (Wildman–Crippen LogP) is 0.493. The first-order chi connectivity index (χ1) is 3.80. The zero-order valence-electron chi connectivity index (χ0n) is 4.39. The second kappa shape index (κ2) is 2.22. The number of thioether (sulfide) groups is 1. The van der Waals surface area contributed by atoms with Gasteiger partial charge in [0.2, 0.25) is 0 Å². The van der Waals surface area contributed by atoms with Crippen molar-refractivity contribution < 1.29 is 4.79 Å². The van der Waals surface area contributed by atoms with Crippen molar-refractivity contribution in [2.75, 3.05) is 5.75 Å². The third-order valence-electron chi connectivity index (χ3n) is 0.948. The Balaban J connectivity index is 2.57. The zero-order chi connectivity index (χ0) is 5.98. The van der Waals surface area contributed by atoms with Gasteiger partial charge in [-0.3, -0.25) is 4.79 Å². The number of carbonyl (C=O) groups is 1. The molecule has 3 heteroatoms. The van der Waals surface area contributed by atoms with Crippen LogP contribution in [0, 0.1) is 0 Å². The average Bonchev–Trinajstić information content (AvgIpc) is 2.12. The molecule has 8 heavy (non-hydrogen) atoms. The highest BCUT2D eigenvalue weighted by Crippen LogP contribution is 2.23. The molecule has 0 aliphatic carbocycles. The van der Waals surface area contributed by atoms with Gasteiger partial charge in [-0.2, -0.15) is 0 Å². The van der Waals surface area contributed by atoms with Gasteiger partial charge in [0.1, 0.15) is 0 Å². The second-order valence-electron chi connectivity index (χ2n) is 1.57. The molecule has 1 amide bonds. The van der Waals surface area contributed by atoms with E-state index in [0.29, 0.717) is 0 Å². The summed E-state index contributed by atoms with van der Waals surface area (Å²) in [6.07, 6.45) is 2.87. The molecule has 0 saturated heterocycles. The summed E-state index contributed by atoms with van der Waals surface area (Å²) in [5.74, 6) is 0.727. The molecular weight excluding hydrogens is 122 g/mol. The molecule has 0 radical (unpaired) electrons. The number of primary amides is 1. The Kier molecular flexibility index (Phi) is 1.58. The first kappa shape index (κ1) is 5.69. The minimum absolute atomic E-state index is 0.285. The van der Waals surface area contributed by atoms with Crippen molar-refractivity contribution >= 4 is 17.7 Å². The molecule has 2 nitrogen and oxygen atoms in total. The Morgan fingerprint density at radius 3 is 2.88 bits per heavy atom. The van der Waals surface area contributed by atoms with Gasteiger partial charge in [-0.15, -0.1) is 11.8 Å². The molecule has 0 aromatic heterocycles. The second-order valence-corrected chi connectivity index (χ2v) is 2.71. The van der Waals surface area contributed by atoms with Crippen LogP contribution in [-0.2, 0) is 4.79 Å². The Labute approximate surface area is 52.1 Å². The van der Waals surface area contributed by atoms with Gasteiger partial charge in [-0.25, -0.2) is 0 Å². The van der Waals surface area contributed by atoms with Gasteiger partial charge in [0.15, 0.2) is 0 Å². The van der Waals surface area contributed by atoms with Crippen molar-refractivity contribution in [2.45, 2.75) is 6.42 Å². The lowest BCUT2D eigenvalue weighted by atomic mass is 10.4. The number of rotatable bonds is 1. The molecule has 0 unspecified atom stereocenters. The van der Waals surface area contributed by atoms with Crippen molar-refractivity contribution in [3.8, 4) is 0 Å². The number of allylic oxidation sites excluding steroid dienone is 1. The third kappa shape index (κ3) is 1.04. The largest absolute Gasteiger partial charge is 0.365 e. The van der Waals surface area contributed by atoms with Crippen LogP contribution in [-0.4, -0.2) is 11.7 Å². The van der Waals surface area contributed by atoms with Crippen molar-refractivity contribution in [3.05, 3.63) is 11.0 Å². The molecule has 1 aliphatic rings. The van der Waals surface area contributed by atoms with Crippen molar-refractivity contribution in [1.29, 1.82) is 0 Å². The number of carbonyl (C=O) groups excluding carboxylic acids is 1. The third-order valence-corrected chi connectivity index (χ3v) is 2.07. The maximum absolute atomic E-state index is 10.3. The topological polar surface area (TPSA) is 43.1 Å². The standard InChI is InChI=1S/C5H7NOS/c6-5(7)4-2-1-3-8-4/h2H,1,3H2,(H2,6,7). The Morgan fingerprint density at radius 1 is 1.88 bits per heavy atom. The SMILES string of the molecule is NC(=O)C1=CCCS1. The van der Waals surface area contributed by atoms with Crippen molar-refractivity contribution in [2.24, 2.45) is 5.73 Å². The van der Waals surface area contributed by atoms with Gasteiger partial charge in [0, 0.05) is 5.75 Å². The predicted molar refractivity (Wildman–Crippen MR) is 34.4 cm³/mol. The normalized spacial score (nSPS) is 18.2. The Bertz CT molecular complexity index is 141. The molecule has 0 aromatic carbocycles. The van der Waals surface area contributed by atoms with E-state index in [1.54, 1.807) is 0 Å². The van der Waals surface area contributed by atoms with Crippen LogP contribution in [0.1, 0.15) is 6.42 Å².